The summed E-state index contributed by atoms with van der Waals surface area (Å²) in [5.74, 6) is -1.23. The Kier molecular flexibility index (Phi) is 7.28. The van der Waals surface area contributed by atoms with Gasteiger partial charge in [0, 0.05) is 28.6 Å². The normalized spacial score (nSPS) is 10.7. The van der Waals surface area contributed by atoms with Gasteiger partial charge in [-0.3, -0.25) is 9.59 Å². The molecule has 0 aliphatic heterocycles. The highest BCUT2D eigenvalue weighted by Crippen LogP contribution is 2.30. The molecule has 136 valence electrons. The van der Waals surface area contributed by atoms with Gasteiger partial charge in [0.05, 0.1) is 10.7 Å². The fourth-order valence-corrected chi connectivity index (χ4v) is 3.16. The highest BCUT2D eigenvalue weighted by Gasteiger charge is 2.08. The van der Waals surface area contributed by atoms with E-state index in [2.05, 4.69) is 47.7 Å². The number of anilines is 1. The van der Waals surface area contributed by atoms with Crippen LogP contribution in [0.2, 0.25) is 0 Å². The molecule has 2 amide bonds. The molecule has 6 nitrogen and oxygen atoms in total. The van der Waals surface area contributed by atoms with Crippen LogP contribution in [0.15, 0.2) is 50.4 Å². The molecule has 0 aliphatic carbocycles. The molecule has 0 saturated carbocycles. The van der Waals surface area contributed by atoms with E-state index in [1.807, 2.05) is 0 Å². The van der Waals surface area contributed by atoms with Crippen LogP contribution in [0.5, 0.6) is 5.75 Å². The van der Waals surface area contributed by atoms with Gasteiger partial charge in [0.15, 0.2) is 0 Å². The number of hydrogen-bond donors (Lipinski definition) is 3. The Labute approximate surface area is 165 Å². The topological polar surface area (TPSA) is 90.8 Å². The summed E-state index contributed by atoms with van der Waals surface area (Å²) in [7, 11) is 0. The Morgan fingerprint density at radius 1 is 1.12 bits per heavy atom. The molecule has 0 unspecified atom stereocenters. The smallest absolute Gasteiger partial charge is 0.240 e. The number of nitrogens with zero attached hydrogens (tertiary/aromatic N) is 1. The standard InChI is InChI=1S/C17H14Br2FN3O3/c18-11-7-10(17(26)14(19)8-11)9-21-23-16(25)6-5-15(24)22-13-3-1-12(20)2-4-13/h1-4,7-9,26H,5-6H2,(H,22,24)(H,23,25)/b21-9+. The van der Waals surface area contributed by atoms with Crippen LogP contribution in [0.3, 0.4) is 0 Å². The van der Waals surface area contributed by atoms with Gasteiger partial charge >= 0.3 is 0 Å². The van der Waals surface area contributed by atoms with Gasteiger partial charge in [-0.1, -0.05) is 15.9 Å². The van der Waals surface area contributed by atoms with E-state index < -0.39 is 11.7 Å². The summed E-state index contributed by atoms with van der Waals surface area (Å²) in [5, 5.41) is 16.2. The van der Waals surface area contributed by atoms with Crippen molar-refractivity contribution in [2.45, 2.75) is 12.8 Å². The summed E-state index contributed by atoms with van der Waals surface area (Å²) in [6.45, 7) is 0. The van der Waals surface area contributed by atoms with Crippen LogP contribution in [0.25, 0.3) is 0 Å². The highest BCUT2D eigenvalue weighted by molar-refractivity contribution is 9.11. The maximum Gasteiger partial charge on any atom is 0.240 e. The zero-order valence-electron chi connectivity index (χ0n) is 13.3. The van der Waals surface area contributed by atoms with E-state index in [4.69, 9.17) is 0 Å². The first kappa shape index (κ1) is 20.1. The lowest BCUT2D eigenvalue weighted by Gasteiger charge is -2.05. The second-order valence-electron chi connectivity index (χ2n) is 5.17. The van der Waals surface area contributed by atoms with Crippen molar-refractivity contribution in [2.75, 3.05) is 5.32 Å². The van der Waals surface area contributed by atoms with E-state index >= 15 is 0 Å². The summed E-state index contributed by atoms with van der Waals surface area (Å²) in [6.07, 6.45) is 1.17. The van der Waals surface area contributed by atoms with Crippen molar-refractivity contribution in [3.05, 3.63) is 56.7 Å². The molecule has 2 rings (SSSR count). The predicted octanol–water partition coefficient (Wildman–Crippen LogP) is 3.93. The fraction of sp³-hybridized carbons (Fsp3) is 0.118. The minimum absolute atomic E-state index is 0.00938. The van der Waals surface area contributed by atoms with Crippen molar-refractivity contribution >= 4 is 55.6 Å². The number of hydrazone groups is 1. The third-order valence-corrected chi connectivity index (χ3v) is 4.22. The Hall–Kier alpha value is -2.26. The lowest BCUT2D eigenvalue weighted by Crippen LogP contribution is -2.20. The number of carbonyl (C=O) groups excluding carboxylic acids is 2. The average Bonchev–Trinajstić information content (AvgIpc) is 2.59. The molecule has 2 aromatic rings. The Bertz CT molecular complexity index is 842. The van der Waals surface area contributed by atoms with Crippen LogP contribution < -0.4 is 10.7 Å². The van der Waals surface area contributed by atoms with E-state index in [1.54, 1.807) is 12.1 Å². The molecule has 0 bridgehead atoms. The molecule has 0 fully saturated rings. The Morgan fingerprint density at radius 2 is 1.77 bits per heavy atom. The van der Waals surface area contributed by atoms with Crippen LogP contribution in [0, 0.1) is 5.82 Å². The van der Waals surface area contributed by atoms with Gasteiger partial charge < -0.3 is 10.4 Å². The molecule has 2 aromatic carbocycles. The van der Waals surface area contributed by atoms with Crippen LogP contribution in [-0.4, -0.2) is 23.1 Å². The molecule has 0 aliphatic rings. The minimum atomic E-state index is -0.455. The van der Waals surface area contributed by atoms with Crippen molar-refractivity contribution in [1.82, 2.24) is 5.43 Å². The fourth-order valence-electron chi connectivity index (χ4n) is 1.90. The molecule has 0 radical (unpaired) electrons. The largest absolute Gasteiger partial charge is 0.506 e. The predicted molar refractivity (Wildman–Crippen MR) is 104 cm³/mol. The molecule has 0 atom stereocenters. The van der Waals surface area contributed by atoms with Crippen LogP contribution >= 0.6 is 31.9 Å². The molecule has 0 heterocycles. The van der Waals surface area contributed by atoms with Crippen molar-refractivity contribution in [3.63, 3.8) is 0 Å². The molecule has 0 spiro atoms. The quantitative estimate of drug-likeness (QED) is 0.427. The molecule has 3 N–H and O–H groups in total. The first-order chi connectivity index (χ1) is 12.3. The summed E-state index contributed by atoms with van der Waals surface area (Å²) in [6, 6.07) is 8.62. The molecular weight excluding hydrogens is 473 g/mol. The van der Waals surface area contributed by atoms with Crippen molar-refractivity contribution in [3.8, 4) is 5.75 Å². The first-order valence-electron chi connectivity index (χ1n) is 7.40. The van der Waals surface area contributed by atoms with Crippen LogP contribution in [0.4, 0.5) is 10.1 Å². The number of phenols is 1. The highest BCUT2D eigenvalue weighted by atomic mass is 79.9. The van der Waals surface area contributed by atoms with Gasteiger partial charge in [-0.25, -0.2) is 9.82 Å². The van der Waals surface area contributed by atoms with Gasteiger partial charge in [0.2, 0.25) is 11.8 Å². The van der Waals surface area contributed by atoms with E-state index in [0.717, 1.165) is 4.47 Å². The van der Waals surface area contributed by atoms with Crippen molar-refractivity contribution < 1.29 is 19.1 Å². The summed E-state index contributed by atoms with van der Waals surface area (Å²) in [5.41, 5.74) is 3.14. The number of rotatable bonds is 6. The molecule has 0 saturated heterocycles. The average molecular weight is 487 g/mol. The molecular formula is C17H14Br2FN3O3. The Morgan fingerprint density at radius 3 is 2.46 bits per heavy atom. The van der Waals surface area contributed by atoms with Crippen molar-refractivity contribution in [1.29, 1.82) is 0 Å². The number of benzene rings is 2. The third kappa shape index (κ3) is 6.23. The van der Waals surface area contributed by atoms with Crippen LogP contribution in [-0.2, 0) is 9.59 Å². The van der Waals surface area contributed by atoms with E-state index in [1.165, 1.54) is 30.5 Å². The summed E-state index contributed by atoms with van der Waals surface area (Å²) < 4.78 is 14.0. The number of amides is 2. The summed E-state index contributed by atoms with van der Waals surface area (Å²) >= 11 is 6.48. The monoisotopic (exact) mass is 485 g/mol. The number of hydrogen-bond acceptors (Lipinski definition) is 4. The Balaban J connectivity index is 1.80. The number of halogens is 3. The van der Waals surface area contributed by atoms with Gasteiger partial charge in [0.1, 0.15) is 11.6 Å². The van der Waals surface area contributed by atoms with Gasteiger partial charge in [-0.05, 0) is 52.3 Å². The lowest BCUT2D eigenvalue weighted by atomic mass is 10.2. The molecule has 0 aromatic heterocycles. The van der Waals surface area contributed by atoms with Crippen LogP contribution in [0.1, 0.15) is 18.4 Å². The number of carbonyl (C=O) groups is 2. The number of aromatic hydroxyl groups is 1. The van der Waals surface area contributed by atoms with Gasteiger partial charge in [-0.15, -0.1) is 0 Å². The van der Waals surface area contributed by atoms with E-state index in [0.29, 0.717) is 15.7 Å². The van der Waals surface area contributed by atoms with E-state index in [9.17, 15) is 19.1 Å². The molecule has 26 heavy (non-hydrogen) atoms. The SMILES string of the molecule is O=C(CCC(=O)Nc1ccc(F)cc1)N/N=C/c1cc(Br)cc(Br)c1O. The van der Waals surface area contributed by atoms with Gasteiger partial charge in [-0.2, -0.15) is 5.10 Å². The van der Waals surface area contributed by atoms with Crippen molar-refractivity contribution in [2.24, 2.45) is 5.10 Å². The zero-order chi connectivity index (χ0) is 19.1. The lowest BCUT2D eigenvalue weighted by molar-refractivity contribution is -0.124. The molecule has 9 heteroatoms. The van der Waals surface area contributed by atoms with Gasteiger partial charge in [0.25, 0.3) is 0 Å². The first-order valence-corrected chi connectivity index (χ1v) is 8.99. The maximum absolute atomic E-state index is 12.8. The maximum atomic E-state index is 12.8. The van der Waals surface area contributed by atoms with E-state index in [-0.39, 0.29) is 24.5 Å². The number of phenolic OH excluding ortho intramolecular Hbond substituents is 1. The zero-order valence-corrected chi connectivity index (χ0v) is 16.5. The third-order valence-electron chi connectivity index (χ3n) is 3.16. The second-order valence-corrected chi connectivity index (χ2v) is 6.94. The number of nitrogens with one attached hydrogen (secondary N) is 2. The second kappa shape index (κ2) is 9.44. The summed E-state index contributed by atoms with van der Waals surface area (Å²) in [4.78, 5) is 23.5. The minimum Gasteiger partial charge on any atom is -0.506 e.